The molecule has 0 amide bonds. The van der Waals surface area contributed by atoms with E-state index in [1.807, 2.05) is 48.5 Å². The number of para-hydroxylation sites is 2. The number of hydrogen-bond acceptors (Lipinski definition) is 6. The molecule has 0 spiro atoms. The first kappa shape index (κ1) is 19.0. The fourth-order valence-corrected chi connectivity index (χ4v) is 3.50. The minimum atomic E-state index is -0.0572. The molecule has 0 bridgehead atoms. The third-order valence-electron chi connectivity index (χ3n) is 5.04. The van der Waals surface area contributed by atoms with Gasteiger partial charge in [-0.3, -0.25) is 4.79 Å². The molecule has 1 aliphatic rings. The highest BCUT2D eigenvalue weighted by Crippen LogP contribution is 2.25. The summed E-state index contributed by atoms with van der Waals surface area (Å²) in [4.78, 5) is 18.2. The standard InChI is InChI=1S/C22H24N4O3/c1-28-16-9-7-15(8-10-16)13-24-22-25-18-14-23-12-11-17(18)21(27)26(22)19-5-3-4-6-20(19)29-2/h3-10,23H,11-14H2,1-2H3,(H,24,25). The first-order chi connectivity index (χ1) is 14.2. The van der Waals surface area contributed by atoms with Crippen LogP contribution in [0.5, 0.6) is 11.5 Å². The van der Waals surface area contributed by atoms with E-state index >= 15 is 0 Å². The molecule has 1 aromatic heterocycles. The van der Waals surface area contributed by atoms with Crippen LogP contribution in [0.4, 0.5) is 5.95 Å². The molecule has 1 aliphatic heterocycles. The van der Waals surface area contributed by atoms with Gasteiger partial charge in [0.05, 0.1) is 25.6 Å². The monoisotopic (exact) mass is 392 g/mol. The Bertz CT molecular complexity index is 1060. The van der Waals surface area contributed by atoms with Crippen LogP contribution in [0.1, 0.15) is 16.8 Å². The van der Waals surface area contributed by atoms with Crippen molar-refractivity contribution >= 4 is 5.95 Å². The van der Waals surface area contributed by atoms with Gasteiger partial charge in [-0.15, -0.1) is 0 Å². The average Bonchev–Trinajstić information content (AvgIpc) is 2.78. The highest BCUT2D eigenvalue weighted by molar-refractivity contribution is 5.52. The molecule has 3 aromatic rings. The highest BCUT2D eigenvalue weighted by Gasteiger charge is 2.21. The van der Waals surface area contributed by atoms with Gasteiger partial charge in [-0.1, -0.05) is 24.3 Å². The molecule has 0 radical (unpaired) electrons. The van der Waals surface area contributed by atoms with Crippen LogP contribution >= 0.6 is 0 Å². The van der Waals surface area contributed by atoms with Gasteiger partial charge in [0.25, 0.3) is 5.56 Å². The summed E-state index contributed by atoms with van der Waals surface area (Å²) in [5, 5.41) is 6.62. The van der Waals surface area contributed by atoms with Crippen molar-refractivity contribution in [1.29, 1.82) is 0 Å². The molecule has 0 saturated heterocycles. The van der Waals surface area contributed by atoms with Gasteiger partial charge in [-0.25, -0.2) is 9.55 Å². The van der Waals surface area contributed by atoms with Crippen molar-refractivity contribution in [3.63, 3.8) is 0 Å². The Hall–Kier alpha value is -3.32. The van der Waals surface area contributed by atoms with E-state index in [-0.39, 0.29) is 5.56 Å². The summed E-state index contributed by atoms with van der Waals surface area (Å²) in [5.74, 6) is 1.92. The largest absolute Gasteiger partial charge is 0.497 e. The lowest BCUT2D eigenvalue weighted by molar-refractivity contribution is 0.412. The predicted octanol–water partition coefficient (Wildman–Crippen LogP) is 2.51. The number of ether oxygens (including phenoxy) is 2. The molecule has 2 heterocycles. The van der Waals surface area contributed by atoms with E-state index in [0.717, 1.165) is 29.1 Å². The van der Waals surface area contributed by atoms with E-state index in [4.69, 9.17) is 14.5 Å². The van der Waals surface area contributed by atoms with E-state index in [0.29, 0.717) is 36.9 Å². The number of methoxy groups -OCH3 is 2. The zero-order valence-electron chi connectivity index (χ0n) is 16.6. The minimum Gasteiger partial charge on any atom is -0.497 e. The summed E-state index contributed by atoms with van der Waals surface area (Å²) in [6, 6.07) is 15.3. The van der Waals surface area contributed by atoms with Gasteiger partial charge in [-0.05, 0) is 42.8 Å². The van der Waals surface area contributed by atoms with Crippen LogP contribution in [0.2, 0.25) is 0 Å². The quantitative estimate of drug-likeness (QED) is 0.671. The third kappa shape index (κ3) is 3.82. The molecular formula is C22H24N4O3. The molecule has 150 valence electrons. The lowest BCUT2D eigenvalue weighted by Gasteiger charge is -2.22. The van der Waals surface area contributed by atoms with Gasteiger partial charge < -0.3 is 20.1 Å². The Morgan fingerprint density at radius 3 is 2.66 bits per heavy atom. The molecule has 29 heavy (non-hydrogen) atoms. The molecule has 7 heteroatoms. The van der Waals surface area contributed by atoms with Crippen molar-refractivity contribution in [1.82, 2.24) is 14.9 Å². The molecule has 2 aromatic carbocycles. The number of nitrogens with one attached hydrogen (secondary N) is 2. The molecule has 2 N–H and O–H groups in total. The van der Waals surface area contributed by atoms with Crippen LogP contribution in [-0.4, -0.2) is 30.3 Å². The first-order valence-corrected chi connectivity index (χ1v) is 9.57. The first-order valence-electron chi connectivity index (χ1n) is 9.57. The van der Waals surface area contributed by atoms with Crippen LogP contribution in [0.3, 0.4) is 0 Å². The van der Waals surface area contributed by atoms with Crippen LogP contribution in [0.25, 0.3) is 5.69 Å². The summed E-state index contributed by atoms with van der Waals surface area (Å²) in [6.45, 7) is 1.89. The molecule has 7 nitrogen and oxygen atoms in total. The Morgan fingerprint density at radius 2 is 1.90 bits per heavy atom. The maximum absolute atomic E-state index is 13.4. The zero-order chi connectivity index (χ0) is 20.2. The molecule has 0 aliphatic carbocycles. The van der Waals surface area contributed by atoms with Crippen LogP contribution < -0.4 is 25.7 Å². The smallest absolute Gasteiger partial charge is 0.263 e. The van der Waals surface area contributed by atoms with Crippen LogP contribution in [0, 0.1) is 0 Å². The number of aromatic nitrogens is 2. The van der Waals surface area contributed by atoms with Crippen molar-refractivity contribution < 1.29 is 9.47 Å². The van der Waals surface area contributed by atoms with E-state index in [1.54, 1.807) is 18.8 Å². The molecule has 0 unspecified atom stereocenters. The van der Waals surface area contributed by atoms with E-state index in [2.05, 4.69) is 10.6 Å². The molecule has 0 atom stereocenters. The Balaban J connectivity index is 1.76. The molecular weight excluding hydrogens is 368 g/mol. The second-order valence-electron chi connectivity index (χ2n) is 6.80. The summed E-state index contributed by atoms with van der Waals surface area (Å²) < 4.78 is 12.3. The second kappa shape index (κ2) is 8.36. The number of nitrogens with zero attached hydrogens (tertiary/aromatic N) is 2. The fraction of sp³-hybridized carbons (Fsp3) is 0.273. The number of fused-ring (bicyclic) bond motifs is 1. The third-order valence-corrected chi connectivity index (χ3v) is 5.04. The van der Waals surface area contributed by atoms with Gasteiger partial charge in [0.2, 0.25) is 5.95 Å². The van der Waals surface area contributed by atoms with Gasteiger partial charge in [0, 0.05) is 18.7 Å². The number of hydrogen-bond donors (Lipinski definition) is 2. The van der Waals surface area contributed by atoms with E-state index < -0.39 is 0 Å². The fourth-order valence-electron chi connectivity index (χ4n) is 3.50. The Labute approximate surface area is 169 Å². The van der Waals surface area contributed by atoms with E-state index in [9.17, 15) is 4.79 Å². The lowest BCUT2D eigenvalue weighted by atomic mass is 10.1. The molecule has 4 rings (SSSR count). The van der Waals surface area contributed by atoms with Gasteiger partial charge in [0.15, 0.2) is 0 Å². The van der Waals surface area contributed by atoms with Crippen molar-refractivity contribution in [2.24, 2.45) is 0 Å². The van der Waals surface area contributed by atoms with Crippen molar-refractivity contribution in [3.8, 4) is 17.2 Å². The Kier molecular flexibility index (Phi) is 5.48. The summed E-state index contributed by atoms with van der Waals surface area (Å²) >= 11 is 0. The topological polar surface area (TPSA) is 77.4 Å². The Morgan fingerprint density at radius 1 is 1.10 bits per heavy atom. The van der Waals surface area contributed by atoms with Crippen molar-refractivity contribution in [3.05, 3.63) is 75.7 Å². The molecule has 0 saturated carbocycles. The van der Waals surface area contributed by atoms with Gasteiger partial charge in [-0.2, -0.15) is 0 Å². The second-order valence-corrected chi connectivity index (χ2v) is 6.80. The SMILES string of the molecule is COc1ccc(CNc2nc3c(c(=O)n2-c2ccccc2OC)CCNC3)cc1. The zero-order valence-corrected chi connectivity index (χ0v) is 16.6. The summed E-state index contributed by atoms with van der Waals surface area (Å²) in [5.41, 5.74) is 3.22. The minimum absolute atomic E-state index is 0.0572. The van der Waals surface area contributed by atoms with Gasteiger partial charge in [0.1, 0.15) is 11.5 Å². The maximum Gasteiger partial charge on any atom is 0.263 e. The number of anilines is 1. The van der Waals surface area contributed by atoms with Crippen molar-refractivity contribution in [2.75, 3.05) is 26.1 Å². The number of rotatable bonds is 6. The maximum atomic E-state index is 13.4. The number of benzene rings is 2. The van der Waals surface area contributed by atoms with Gasteiger partial charge >= 0.3 is 0 Å². The normalized spacial score (nSPS) is 12.9. The van der Waals surface area contributed by atoms with E-state index in [1.165, 1.54) is 0 Å². The highest BCUT2D eigenvalue weighted by atomic mass is 16.5. The average molecular weight is 392 g/mol. The lowest BCUT2D eigenvalue weighted by Crippen LogP contribution is -2.35. The summed E-state index contributed by atoms with van der Waals surface area (Å²) in [7, 11) is 3.24. The van der Waals surface area contributed by atoms with Crippen molar-refractivity contribution in [2.45, 2.75) is 19.5 Å². The predicted molar refractivity (Wildman–Crippen MR) is 112 cm³/mol. The molecule has 0 fully saturated rings. The van der Waals surface area contributed by atoms with Crippen LogP contribution in [0.15, 0.2) is 53.3 Å². The van der Waals surface area contributed by atoms with Crippen LogP contribution in [-0.2, 0) is 19.5 Å². The summed E-state index contributed by atoms with van der Waals surface area (Å²) in [6.07, 6.45) is 0.662.